The molecule has 2 heterocycles. The molecule has 1 aliphatic heterocycles. The second-order valence-electron chi connectivity index (χ2n) is 5.17. The molecule has 1 fully saturated rings. The minimum Gasteiger partial charge on any atom is -0.397 e. The molecule has 1 aromatic heterocycles. The smallest absolute Gasteiger partial charge is 0.0573 e. The summed E-state index contributed by atoms with van der Waals surface area (Å²) < 4.78 is 0. The van der Waals surface area contributed by atoms with E-state index in [2.05, 4.69) is 28.9 Å². The number of nitrogen functional groups attached to an aromatic ring is 1. The number of rotatable bonds is 3. The maximum absolute atomic E-state index is 5.76. The summed E-state index contributed by atoms with van der Waals surface area (Å²) in [6.07, 6.45) is 6.12. The molecule has 2 rings (SSSR count). The third-order valence-electron chi connectivity index (χ3n) is 3.35. The van der Waals surface area contributed by atoms with Crippen molar-refractivity contribution in [2.45, 2.75) is 12.8 Å². The average Bonchev–Trinajstić information content (AvgIpc) is 2.29. The van der Waals surface area contributed by atoms with E-state index in [1.807, 2.05) is 12.3 Å². The summed E-state index contributed by atoms with van der Waals surface area (Å²) in [5.74, 6) is 0.829. The van der Waals surface area contributed by atoms with Crippen molar-refractivity contribution in [2.75, 3.05) is 44.4 Å². The van der Waals surface area contributed by atoms with E-state index in [1.54, 1.807) is 6.20 Å². The van der Waals surface area contributed by atoms with Crippen LogP contribution < -0.4 is 10.6 Å². The fourth-order valence-electron chi connectivity index (χ4n) is 2.51. The van der Waals surface area contributed by atoms with Gasteiger partial charge in [0.05, 0.1) is 17.6 Å². The molecule has 0 aliphatic carbocycles. The van der Waals surface area contributed by atoms with Crippen LogP contribution in [-0.2, 0) is 0 Å². The van der Waals surface area contributed by atoms with Crippen LogP contribution in [0.15, 0.2) is 18.5 Å². The van der Waals surface area contributed by atoms with Crippen molar-refractivity contribution < 1.29 is 0 Å². The Labute approximate surface area is 103 Å². The summed E-state index contributed by atoms with van der Waals surface area (Å²) in [5, 5.41) is 0. The van der Waals surface area contributed by atoms with Gasteiger partial charge in [0.1, 0.15) is 0 Å². The second kappa shape index (κ2) is 5.36. The first-order valence-corrected chi connectivity index (χ1v) is 6.25. The van der Waals surface area contributed by atoms with E-state index in [0.29, 0.717) is 0 Å². The molecule has 0 atom stereocenters. The third-order valence-corrected chi connectivity index (χ3v) is 3.35. The number of anilines is 2. The molecule has 0 bridgehead atoms. The molecule has 1 aliphatic rings. The van der Waals surface area contributed by atoms with Gasteiger partial charge < -0.3 is 15.5 Å². The van der Waals surface area contributed by atoms with E-state index < -0.39 is 0 Å². The highest BCUT2D eigenvalue weighted by Crippen LogP contribution is 2.24. The summed E-state index contributed by atoms with van der Waals surface area (Å²) >= 11 is 0. The molecule has 0 unspecified atom stereocenters. The Morgan fingerprint density at radius 3 is 2.65 bits per heavy atom. The molecule has 0 radical (unpaired) electrons. The normalized spacial score (nSPS) is 17.7. The molecule has 94 valence electrons. The molecule has 4 heteroatoms. The van der Waals surface area contributed by atoms with E-state index in [1.165, 1.54) is 19.4 Å². The molecule has 1 aromatic rings. The lowest BCUT2D eigenvalue weighted by molar-refractivity contribution is 0.285. The van der Waals surface area contributed by atoms with E-state index in [4.69, 9.17) is 5.73 Å². The van der Waals surface area contributed by atoms with Gasteiger partial charge >= 0.3 is 0 Å². The Kier molecular flexibility index (Phi) is 3.84. The minimum absolute atomic E-state index is 0.748. The Bertz CT molecular complexity index is 356. The van der Waals surface area contributed by atoms with Crippen LogP contribution in [0.25, 0.3) is 0 Å². The summed E-state index contributed by atoms with van der Waals surface area (Å²) in [6, 6.07) is 2.01. The number of aromatic nitrogens is 1. The van der Waals surface area contributed by atoms with E-state index >= 15 is 0 Å². The van der Waals surface area contributed by atoms with Gasteiger partial charge in [0.25, 0.3) is 0 Å². The third kappa shape index (κ3) is 3.33. The average molecular weight is 234 g/mol. The molecule has 4 nitrogen and oxygen atoms in total. The zero-order valence-electron chi connectivity index (χ0n) is 10.8. The second-order valence-corrected chi connectivity index (χ2v) is 5.17. The number of nitrogens with zero attached hydrogens (tertiary/aromatic N) is 3. The largest absolute Gasteiger partial charge is 0.397 e. The minimum atomic E-state index is 0.748. The summed E-state index contributed by atoms with van der Waals surface area (Å²) in [4.78, 5) is 8.82. The van der Waals surface area contributed by atoms with Crippen LogP contribution in [-0.4, -0.2) is 43.6 Å². The maximum Gasteiger partial charge on any atom is 0.0573 e. The highest BCUT2D eigenvalue weighted by atomic mass is 15.1. The van der Waals surface area contributed by atoms with E-state index in [0.717, 1.165) is 30.4 Å². The molecule has 0 aromatic carbocycles. The maximum atomic E-state index is 5.76. The van der Waals surface area contributed by atoms with E-state index in [-0.39, 0.29) is 0 Å². The number of pyridine rings is 1. The van der Waals surface area contributed by atoms with Crippen LogP contribution >= 0.6 is 0 Å². The van der Waals surface area contributed by atoms with Crippen molar-refractivity contribution >= 4 is 11.4 Å². The zero-order valence-corrected chi connectivity index (χ0v) is 10.8. The number of nitrogens with two attached hydrogens (primary N) is 1. The van der Waals surface area contributed by atoms with Gasteiger partial charge in [0.15, 0.2) is 0 Å². The lowest BCUT2D eigenvalue weighted by atomic mass is 9.96. The van der Waals surface area contributed by atoms with Gasteiger partial charge in [-0.25, -0.2) is 0 Å². The predicted octanol–water partition coefficient (Wildman–Crippen LogP) is 1.44. The number of hydrogen-bond acceptors (Lipinski definition) is 4. The predicted molar refractivity (Wildman–Crippen MR) is 72.1 cm³/mol. The van der Waals surface area contributed by atoms with Gasteiger partial charge in [-0.1, -0.05) is 0 Å². The Morgan fingerprint density at radius 2 is 2.06 bits per heavy atom. The highest BCUT2D eigenvalue weighted by Gasteiger charge is 2.19. The van der Waals surface area contributed by atoms with Crippen LogP contribution in [0.2, 0.25) is 0 Å². The molecule has 1 saturated heterocycles. The molecular weight excluding hydrogens is 212 g/mol. The standard InChI is InChI=1S/C13H22N4/c1-16(2)10-11-3-5-17(6-4-11)13-7-12(14)8-15-9-13/h7-9,11H,3-6,10,14H2,1-2H3. The Morgan fingerprint density at radius 1 is 1.35 bits per heavy atom. The van der Waals surface area contributed by atoms with Crippen LogP contribution in [0.5, 0.6) is 0 Å². The fraction of sp³-hybridized carbons (Fsp3) is 0.615. The number of piperidine rings is 1. The van der Waals surface area contributed by atoms with Crippen molar-refractivity contribution in [3.63, 3.8) is 0 Å². The van der Waals surface area contributed by atoms with Gasteiger partial charge in [-0.15, -0.1) is 0 Å². The van der Waals surface area contributed by atoms with Crippen molar-refractivity contribution in [2.24, 2.45) is 5.92 Å². The van der Waals surface area contributed by atoms with Crippen molar-refractivity contribution in [1.29, 1.82) is 0 Å². The molecule has 0 spiro atoms. The van der Waals surface area contributed by atoms with E-state index in [9.17, 15) is 0 Å². The molecule has 0 saturated carbocycles. The van der Waals surface area contributed by atoms with Crippen LogP contribution in [0.3, 0.4) is 0 Å². The van der Waals surface area contributed by atoms with Gasteiger partial charge in [0.2, 0.25) is 0 Å². The summed E-state index contributed by atoms with van der Waals surface area (Å²) in [5.41, 5.74) is 7.67. The fourth-order valence-corrected chi connectivity index (χ4v) is 2.51. The first-order chi connectivity index (χ1) is 8.15. The first-order valence-electron chi connectivity index (χ1n) is 6.25. The lowest BCUT2D eigenvalue weighted by Crippen LogP contribution is -2.37. The van der Waals surface area contributed by atoms with Gasteiger partial charge in [-0.05, 0) is 38.9 Å². The zero-order chi connectivity index (χ0) is 12.3. The summed E-state index contributed by atoms with van der Waals surface area (Å²) in [7, 11) is 4.29. The molecule has 0 amide bonds. The van der Waals surface area contributed by atoms with Gasteiger partial charge in [-0.3, -0.25) is 4.98 Å². The quantitative estimate of drug-likeness (QED) is 0.859. The molecule has 17 heavy (non-hydrogen) atoms. The van der Waals surface area contributed by atoms with Crippen molar-refractivity contribution in [3.8, 4) is 0 Å². The van der Waals surface area contributed by atoms with Crippen LogP contribution in [0, 0.1) is 5.92 Å². The van der Waals surface area contributed by atoms with Crippen molar-refractivity contribution in [1.82, 2.24) is 9.88 Å². The highest BCUT2D eigenvalue weighted by molar-refractivity contribution is 5.53. The molecule has 2 N–H and O–H groups in total. The Hall–Kier alpha value is -1.29. The number of hydrogen-bond donors (Lipinski definition) is 1. The SMILES string of the molecule is CN(C)CC1CCN(c2cncc(N)c2)CC1. The van der Waals surface area contributed by atoms with Crippen LogP contribution in [0.1, 0.15) is 12.8 Å². The van der Waals surface area contributed by atoms with Gasteiger partial charge in [0, 0.05) is 25.8 Å². The first kappa shape index (κ1) is 12.2. The lowest BCUT2D eigenvalue weighted by Gasteiger charge is -2.34. The Balaban J connectivity index is 1.91. The van der Waals surface area contributed by atoms with Crippen LogP contribution in [0.4, 0.5) is 11.4 Å². The van der Waals surface area contributed by atoms with Crippen molar-refractivity contribution in [3.05, 3.63) is 18.5 Å². The van der Waals surface area contributed by atoms with Gasteiger partial charge in [-0.2, -0.15) is 0 Å². The monoisotopic (exact) mass is 234 g/mol. The topological polar surface area (TPSA) is 45.4 Å². The summed E-state index contributed by atoms with van der Waals surface area (Å²) in [6.45, 7) is 3.43. The molecular formula is C13H22N4.